The molecule has 2 aromatic rings. The van der Waals surface area contributed by atoms with Crippen LogP contribution in [-0.4, -0.2) is 39.1 Å². The molecule has 0 spiro atoms. The molecule has 1 aliphatic heterocycles. The van der Waals surface area contributed by atoms with Gasteiger partial charge in [0.05, 0.1) is 44.8 Å². The maximum atomic E-state index is 13.3. The topological polar surface area (TPSA) is 99.5 Å². The molecule has 36 heavy (non-hydrogen) atoms. The van der Waals surface area contributed by atoms with Gasteiger partial charge in [-0.1, -0.05) is 45.4 Å². The first-order valence-electron chi connectivity index (χ1n) is 13.0. The number of benzene rings is 1. The third-order valence-corrected chi connectivity index (χ3v) is 8.94. The van der Waals surface area contributed by atoms with Crippen molar-refractivity contribution in [2.45, 2.75) is 98.3 Å². The van der Waals surface area contributed by atoms with Gasteiger partial charge in [-0.25, -0.2) is 4.98 Å². The van der Waals surface area contributed by atoms with Gasteiger partial charge in [-0.05, 0) is 70.1 Å². The minimum atomic E-state index is -1.17. The van der Waals surface area contributed by atoms with Crippen LogP contribution >= 0.6 is 11.3 Å². The zero-order valence-corrected chi connectivity index (χ0v) is 23.5. The molecule has 1 aromatic heterocycles. The predicted molar refractivity (Wildman–Crippen MR) is 146 cm³/mol. The molecule has 0 saturated carbocycles. The number of aliphatic hydroxyl groups excluding tert-OH is 2. The first-order chi connectivity index (χ1) is 16.7. The van der Waals surface area contributed by atoms with E-state index in [1.807, 2.05) is 39.0 Å². The number of Topliss-reactive ketones (excluding diaryl/α,β-unsaturated/α-hetero) is 1. The lowest BCUT2D eigenvalue weighted by atomic mass is 9.72. The van der Waals surface area contributed by atoms with Crippen LogP contribution in [-0.2, 0) is 15.1 Å². The highest BCUT2D eigenvalue weighted by Crippen LogP contribution is 2.34. The Morgan fingerprint density at radius 1 is 1.11 bits per heavy atom. The normalized spacial score (nSPS) is 32.6. The van der Waals surface area contributed by atoms with Crippen molar-refractivity contribution in [3.63, 3.8) is 0 Å². The minimum absolute atomic E-state index is 0.0422. The van der Waals surface area contributed by atoms with E-state index in [2.05, 4.69) is 23.3 Å². The predicted octanol–water partition coefficient (Wildman–Crippen LogP) is 5.44. The molecule has 1 aliphatic rings. The molecule has 0 bridgehead atoms. The summed E-state index contributed by atoms with van der Waals surface area (Å²) in [6.07, 6.45) is 3.20. The maximum Gasteiger partial charge on any atom is 0.223 e. The summed E-state index contributed by atoms with van der Waals surface area (Å²) in [6, 6.07) is 6.12. The largest absolute Gasteiger partial charge is 0.392 e. The first kappa shape index (κ1) is 28.5. The lowest BCUT2D eigenvalue weighted by Gasteiger charge is -2.36. The molecule has 0 aliphatic carbocycles. The van der Waals surface area contributed by atoms with E-state index in [9.17, 15) is 19.8 Å². The molecule has 1 aromatic carbocycles. The number of aliphatic hydroxyl groups is 2. The number of amides is 1. The van der Waals surface area contributed by atoms with Crippen LogP contribution in [0.5, 0.6) is 0 Å². The Morgan fingerprint density at radius 2 is 1.81 bits per heavy atom. The zero-order valence-electron chi connectivity index (χ0n) is 22.7. The number of aromatic nitrogens is 1. The van der Waals surface area contributed by atoms with E-state index in [1.54, 1.807) is 32.1 Å². The highest BCUT2D eigenvalue weighted by Gasteiger charge is 2.42. The maximum absolute atomic E-state index is 13.3. The summed E-state index contributed by atoms with van der Waals surface area (Å²) in [7, 11) is 0. The molecule has 0 fully saturated rings. The van der Waals surface area contributed by atoms with Crippen LogP contribution in [0.15, 0.2) is 29.8 Å². The molecule has 6 nitrogen and oxygen atoms in total. The number of nitrogens with zero attached hydrogens (tertiary/aromatic N) is 1. The van der Waals surface area contributed by atoms with E-state index in [-0.39, 0.29) is 24.0 Å². The highest BCUT2D eigenvalue weighted by atomic mass is 32.1. The average molecular weight is 515 g/mol. The van der Waals surface area contributed by atoms with E-state index in [4.69, 9.17) is 0 Å². The van der Waals surface area contributed by atoms with Crippen LogP contribution < -0.4 is 5.32 Å². The second-order valence-corrected chi connectivity index (χ2v) is 12.7. The van der Waals surface area contributed by atoms with Crippen molar-refractivity contribution in [1.82, 2.24) is 10.3 Å². The second kappa shape index (κ2) is 11.1. The molecule has 3 rings (SSSR count). The van der Waals surface area contributed by atoms with Gasteiger partial charge in [0.1, 0.15) is 5.78 Å². The molecular weight excluding hydrogens is 472 g/mol. The lowest BCUT2D eigenvalue weighted by molar-refractivity contribution is -0.143. The lowest BCUT2D eigenvalue weighted by Crippen LogP contribution is -2.49. The Labute approximate surface area is 219 Å². The van der Waals surface area contributed by atoms with Crippen LogP contribution in [0.25, 0.3) is 10.2 Å². The summed E-state index contributed by atoms with van der Waals surface area (Å²) >= 11 is 1.64. The number of aryl methyl sites for hydroxylation is 1. The molecule has 5 unspecified atom stereocenters. The van der Waals surface area contributed by atoms with Crippen LogP contribution in [0.1, 0.15) is 84.2 Å². The fourth-order valence-electron chi connectivity index (χ4n) is 5.17. The van der Waals surface area contributed by atoms with Gasteiger partial charge < -0.3 is 15.5 Å². The molecule has 198 valence electrons. The number of nitrogens with one attached hydrogen (secondary N) is 1. The first-order valence-corrected chi connectivity index (χ1v) is 13.8. The summed E-state index contributed by atoms with van der Waals surface area (Å²) in [5, 5.41) is 26.0. The fourth-order valence-corrected chi connectivity index (χ4v) is 5.98. The van der Waals surface area contributed by atoms with Crippen molar-refractivity contribution in [2.75, 3.05) is 0 Å². The third-order valence-electron chi connectivity index (χ3n) is 7.99. The molecule has 5 atom stereocenters. The summed E-state index contributed by atoms with van der Waals surface area (Å²) in [4.78, 5) is 31.2. The van der Waals surface area contributed by atoms with Crippen LogP contribution in [0.4, 0.5) is 0 Å². The second-order valence-electron chi connectivity index (χ2n) is 11.5. The van der Waals surface area contributed by atoms with Gasteiger partial charge >= 0.3 is 0 Å². The van der Waals surface area contributed by atoms with E-state index in [1.165, 1.54) is 5.57 Å². The van der Waals surface area contributed by atoms with Gasteiger partial charge in [0.15, 0.2) is 0 Å². The van der Waals surface area contributed by atoms with Crippen LogP contribution in [0.3, 0.4) is 0 Å². The van der Waals surface area contributed by atoms with E-state index >= 15 is 0 Å². The third kappa shape index (κ3) is 6.24. The Kier molecular flexibility index (Phi) is 8.79. The number of hydrogen-bond donors (Lipinski definition) is 3. The summed E-state index contributed by atoms with van der Waals surface area (Å²) in [5.41, 5.74) is 1.21. The summed E-state index contributed by atoms with van der Waals surface area (Å²) < 4.78 is 1.10. The number of carbonyl (C=O) groups is 2. The number of carbonyl (C=O) groups excluding carboxylic acids is 2. The van der Waals surface area contributed by atoms with Gasteiger partial charge in [0, 0.05) is 5.92 Å². The van der Waals surface area contributed by atoms with Crippen LogP contribution in [0.2, 0.25) is 0 Å². The van der Waals surface area contributed by atoms with Crippen molar-refractivity contribution in [1.29, 1.82) is 0 Å². The minimum Gasteiger partial charge on any atom is -0.392 e. The number of fused-ring (bicyclic) bond motifs is 1. The SMILES string of the molecule is C/C1=C/CC(C)(c2ccc3sc(C)nc3c2)NC(=O)CC(O)C(C)(C)C(=O)C(C)C(O)C(C)CCC1. The quantitative estimate of drug-likeness (QED) is 0.440. The average Bonchev–Trinajstić information content (AvgIpc) is 3.19. The van der Waals surface area contributed by atoms with E-state index in [0.717, 1.165) is 40.1 Å². The van der Waals surface area contributed by atoms with Gasteiger partial charge in [0.2, 0.25) is 5.91 Å². The highest BCUT2D eigenvalue weighted by molar-refractivity contribution is 7.18. The number of allylic oxidation sites excluding steroid dienone is 1. The molecule has 0 radical (unpaired) electrons. The molecule has 0 saturated heterocycles. The summed E-state index contributed by atoms with van der Waals surface area (Å²) in [6.45, 7) is 13.1. The number of thiazole rings is 1. The van der Waals surface area contributed by atoms with Gasteiger partial charge in [-0.3, -0.25) is 9.59 Å². The van der Waals surface area contributed by atoms with Crippen molar-refractivity contribution < 1.29 is 19.8 Å². The zero-order chi connectivity index (χ0) is 26.8. The fraction of sp³-hybridized carbons (Fsp3) is 0.621. The molecule has 7 heteroatoms. The Morgan fingerprint density at radius 3 is 2.50 bits per heavy atom. The smallest absolute Gasteiger partial charge is 0.223 e. The van der Waals surface area contributed by atoms with E-state index < -0.39 is 29.1 Å². The van der Waals surface area contributed by atoms with Crippen molar-refractivity contribution in [3.05, 3.63) is 40.4 Å². The molecular formula is C29H42N2O4S. The molecule has 3 N–H and O–H groups in total. The van der Waals surface area contributed by atoms with Gasteiger partial charge in [0.25, 0.3) is 0 Å². The van der Waals surface area contributed by atoms with Gasteiger partial charge in [-0.2, -0.15) is 0 Å². The Bertz CT molecular complexity index is 1140. The Balaban J connectivity index is 1.97. The van der Waals surface area contributed by atoms with Crippen molar-refractivity contribution in [2.24, 2.45) is 17.3 Å². The number of hydrogen-bond acceptors (Lipinski definition) is 6. The van der Waals surface area contributed by atoms with Gasteiger partial charge in [-0.15, -0.1) is 11.3 Å². The van der Waals surface area contributed by atoms with Crippen molar-refractivity contribution >= 4 is 33.2 Å². The molecule has 1 amide bonds. The van der Waals surface area contributed by atoms with E-state index in [0.29, 0.717) is 6.42 Å². The van der Waals surface area contributed by atoms with Crippen LogP contribution in [0, 0.1) is 24.2 Å². The molecule has 2 heterocycles. The number of rotatable bonds is 1. The van der Waals surface area contributed by atoms with Crippen molar-refractivity contribution in [3.8, 4) is 0 Å². The summed E-state index contributed by atoms with van der Waals surface area (Å²) in [5.74, 6) is -1.21. The number of ketones is 1. The monoisotopic (exact) mass is 514 g/mol. The standard InChI is InChI=1S/C29H42N2O4S/c1-17-9-8-10-18(2)26(34)19(3)27(35)28(5,6)24(32)16-25(33)31-29(7,14-13-17)21-11-12-23-22(15-21)30-20(4)36-23/h11-13,15,18-19,24,26,32,34H,8-10,14,16H2,1-7H3,(H,31,33)/b17-13-. The Hall–Kier alpha value is -2.09.